The topological polar surface area (TPSA) is 158 Å². The molecule has 0 aliphatic rings. The van der Waals surface area contributed by atoms with E-state index in [1.165, 1.54) is 0 Å². The molecule has 8 rings (SSSR count). The molecule has 0 aromatic heterocycles. The summed E-state index contributed by atoms with van der Waals surface area (Å²) in [7, 11) is 0. The van der Waals surface area contributed by atoms with Gasteiger partial charge in [-0.2, -0.15) is 0 Å². The molecule has 0 heterocycles. The normalized spacial score (nSPS) is 10.4. The summed E-state index contributed by atoms with van der Waals surface area (Å²) in [6.45, 7) is 0. The summed E-state index contributed by atoms with van der Waals surface area (Å²) >= 11 is 1.63. The van der Waals surface area contributed by atoms with Gasteiger partial charge in [-0.3, -0.25) is 4.79 Å². The summed E-state index contributed by atoms with van der Waals surface area (Å²) in [4.78, 5) is 14.9. The number of carbonyl (C=O) groups is 1. The monoisotopic (exact) mass is 796 g/mol. The second-order valence-electron chi connectivity index (χ2n) is 13.1. The van der Waals surface area contributed by atoms with Crippen LogP contribution in [0.1, 0.15) is 15.9 Å². The van der Waals surface area contributed by atoms with Crippen LogP contribution in [0.15, 0.2) is 204 Å². The van der Waals surface area contributed by atoms with Crippen molar-refractivity contribution in [2.24, 2.45) is 0 Å². The maximum atomic E-state index is 12.8. The fourth-order valence-corrected chi connectivity index (χ4v) is 6.63. The Hall–Kier alpha value is -7.82. The third-order valence-corrected chi connectivity index (χ3v) is 9.43. The molecule has 0 bridgehead atoms. The lowest BCUT2D eigenvalue weighted by molar-refractivity contribution is 0.103. The van der Waals surface area contributed by atoms with E-state index >= 15 is 0 Å². The van der Waals surface area contributed by atoms with E-state index in [1.807, 2.05) is 109 Å². The molecule has 8 aromatic carbocycles. The van der Waals surface area contributed by atoms with E-state index in [9.17, 15) is 4.79 Å². The average Bonchev–Trinajstić information content (AvgIpc) is 3.22. The Morgan fingerprint density at radius 3 is 0.898 bits per heavy atom. The number of carbonyl (C=O) groups excluding carboxylic acids is 1. The van der Waals surface area contributed by atoms with Crippen molar-refractivity contribution < 1.29 is 23.7 Å². The first-order valence-corrected chi connectivity index (χ1v) is 19.3. The molecule has 59 heavy (non-hydrogen) atoms. The molecule has 0 unspecified atom stereocenters. The van der Waals surface area contributed by atoms with Crippen LogP contribution in [0, 0.1) is 0 Å². The van der Waals surface area contributed by atoms with E-state index in [4.69, 9.17) is 41.9 Å². The first kappa shape index (κ1) is 39.4. The summed E-state index contributed by atoms with van der Waals surface area (Å²) in [6, 6.07) is 59.0. The lowest BCUT2D eigenvalue weighted by Crippen LogP contribution is -2.01. The quantitative estimate of drug-likeness (QED) is 0.0692. The molecule has 0 atom stereocenters. The van der Waals surface area contributed by atoms with Gasteiger partial charge < -0.3 is 41.9 Å². The van der Waals surface area contributed by atoms with Crippen LogP contribution >= 0.6 is 11.8 Å². The molecule has 0 spiro atoms. The minimum atomic E-state index is -0.0824. The molecule has 0 saturated heterocycles. The zero-order chi connectivity index (χ0) is 41.0. The number of hydrogen-bond donors (Lipinski definition) is 4. The van der Waals surface area contributed by atoms with Crippen molar-refractivity contribution in [3.63, 3.8) is 0 Å². The number of nitrogen functional groups attached to an aromatic ring is 4. The van der Waals surface area contributed by atoms with Crippen LogP contribution in [0.4, 0.5) is 22.7 Å². The Kier molecular flexibility index (Phi) is 12.6. The van der Waals surface area contributed by atoms with Gasteiger partial charge in [0.15, 0.2) is 5.78 Å². The number of nitrogens with two attached hydrogens (primary N) is 4. The molecule has 9 nitrogen and oxygen atoms in total. The van der Waals surface area contributed by atoms with E-state index in [-0.39, 0.29) is 5.78 Å². The first-order valence-electron chi connectivity index (χ1n) is 18.5. The Labute approximate surface area is 346 Å². The van der Waals surface area contributed by atoms with E-state index in [0.717, 1.165) is 21.3 Å². The molecule has 8 N–H and O–H groups in total. The zero-order valence-electron chi connectivity index (χ0n) is 31.7. The number of rotatable bonds is 12. The Morgan fingerprint density at radius 1 is 0.322 bits per heavy atom. The van der Waals surface area contributed by atoms with Crippen LogP contribution in [0.2, 0.25) is 0 Å². The fraction of sp³-hybridized carbons (Fsp3) is 0. The zero-order valence-corrected chi connectivity index (χ0v) is 32.6. The molecule has 10 heteroatoms. The molecular formula is C49H40N4O5S. The van der Waals surface area contributed by atoms with Crippen molar-refractivity contribution in [1.82, 2.24) is 0 Å². The smallest absolute Gasteiger partial charge is 0.193 e. The SMILES string of the molecule is Nc1cccc(Oc2ccc(C(=O)c3ccc(Oc4cccc(N)c4)cc3)cc2)c1.Nc1cccc(Oc2cccc(Sc3cccc(Oc4cccc(N)c4)c3)c2)c1. The lowest BCUT2D eigenvalue weighted by atomic mass is 10.0. The second-order valence-corrected chi connectivity index (χ2v) is 14.3. The van der Waals surface area contributed by atoms with Crippen LogP contribution in [0.25, 0.3) is 0 Å². The van der Waals surface area contributed by atoms with Gasteiger partial charge in [0.25, 0.3) is 0 Å². The third-order valence-electron chi connectivity index (χ3n) is 8.45. The van der Waals surface area contributed by atoms with Gasteiger partial charge in [-0.25, -0.2) is 0 Å². The first-order chi connectivity index (χ1) is 28.7. The molecule has 292 valence electrons. The molecule has 0 fully saturated rings. The molecular weight excluding hydrogens is 757 g/mol. The van der Waals surface area contributed by atoms with Gasteiger partial charge >= 0.3 is 0 Å². The number of benzene rings is 8. The van der Waals surface area contributed by atoms with Gasteiger partial charge in [0.05, 0.1) is 0 Å². The van der Waals surface area contributed by atoms with Crippen molar-refractivity contribution in [1.29, 1.82) is 0 Å². The predicted octanol–water partition coefficient (Wildman–Crippen LogP) is 12.3. The van der Waals surface area contributed by atoms with E-state index in [1.54, 1.807) is 96.7 Å². The maximum absolute atomic E-state index is 12.8. The highest BCUT2D eigenvalue weighted by Crippen LogP contribution is 2.35. The fourth-order valence-electron chi connectivity index (χ4n) is 5.71. The number of ketones is 1. The summed E-state index contributed by atoms with van der Waals surface area (Å²) < 4.78 is 23.4. The Balaban J connectivity index is 0.000000179. The standard InChI is InChI=1S/C25H20N2O3.C24H20N2O2S/c26-19-3-1-5-23(15-19)29-21-11-7-17(8-12-21)25(28)18-9-13-22(14-10-18)30-24-6-2-4-20(27)16-24;25-17-5-1-7-19(13-17)27-21-9-3-11-23(15-21)29-24-12-4-10-22(16-24)28-20-8-2-6-18(26)14-20/h1-16H,26-27H2;1-16H,25-26H2. The van der Waals surface area contributed by atoms with Crippen molar-refractivity contribution in [3.8, 4) is 46.0 Å². The van der Waals surface area contributed by atoms with Gasteiger partial charge in [0.2, 0.25) is 0 Å². The molecule has 0 saturated carbocycles. The summed E-state index contributed by atoms with van der Waals surface area (Å²) in [6.07, 6.45) is 0. The van der Waals surface area contributed by atoms with E-state index in [0.29, 0.717) is 68.4 Å². The summed E-state index contributed by atoms with van der Waals surface area (Å²) in [5.41, 5.74) is 26.9. The summed E-state index contributed by atoms with van der Waals surface area (Å²) in [5.74, 6) is 5.40. The average molecular weight is 797 g/mol. The predicted molar refractivity (Wildman–Crippen MR) is 237 cm³/mol. The van der Waals surface area contributed by atoms with Gasteiger partial charge in [-0.15, -0.1) is 0 Å². The Bertz CT molecular complexity index is 2490. The van der Waals surface area contributed by atoms with E-state index in [2.05, 4.69) is 0 Å². The van der Waals surface area contributed by atoms with Gasteiger partial charge in [-0.1, -0.05) is 48.2 Å². The van der Waals surface area contributed by atoms with E-state index < -0.39 is 0 Å². The second kappa shape index (κ2) is 18.9. The third kappa shape index (κ3) is 11.6. The largest absolute Gasteiger partial charge is 0.457 e. The van der Waals surface area contributed by atoms with Gasteiger partial charge in [0, 0.05) is 67.9 Å². The number of hydrogen-bond acceptors (Lipinski definition) is 10. The lowest BCUT2D eigenvalue weighted by Gasteiger charge is -2.10. The number of anilines is 4. The Morgan fingerprint density at radius 2 is 0.593 bits per heavy atom. The molecule has 0 amide bonds. The van der Waals surface area contributed by atoms with Crippen molar-refractivity contribution in [2.45, 2.75) is 9.79 Å². The molecule has 0 aliphatic carbocycles. The van der Waals surface area contributed by atoms with Crippen LogP contribution in [-0.4, -0.2) is 5.78 Å². The minimum Gasteiger partial charge on any atom is -0.457 e. The van der Waals surface area contributed by atoms with Crippen molar-refractivity contribution in [3.05, 3.63) is 205 Å². The maximum Gasteiger partial charge on any atom is 0.193 e. The van der Waals surface area contributed by atoms with Gasteiger partial charge in [-0.05, 0) is 133 Å². The molecule has 0 radical (unpaired) electrons. The van der Waals surface area contributed by atoms with Crippen molar-refractivity contribution >= 4 is 40.3 Å². The molecule has 0 aliphatic heterocycles. The highest BCUT2D eigenvalue weighted by atomic mass is 32.2. The van der Waals surface area contributed by atoms with Crippen LogP contribution in [-0.2, 0) is 0 Å². The highest BCUT2D eigenvalue weighted by Gasteiger charge is 2.11. The summed E-state index contributed by atoms with van der Waals surface area (Å²) in [5, 5.41) is 0. The van der Waals surface area contributed by atoms with Crippen LogP contribution in [0.5, 0.6) is 46.0 Å². The molecule has 8 aromatic rings. The highest BCUT2D eigenvalue weighted by molar-refractivity contribution is 7.99. The van der Waals surface area contributed by atoms with Crippen LogP contribution < -0.4 is 41.9 Å². The van der Waals surface area contributed by atoms with Crippen LogP contribution in [0.3, 0.4) is 0 Å². The van der Waals surface area contributed by atoms with Gasteiger partial charge in [0.1, 0.15) is 46.0 Å². The van der Waals surface area contributed by atoms with Crippen molar-refractivity contribution in [2.75, 3.05) is 22.9 Å². The number of ether oxygens (including phenoxy) is 4. The minimum absolute atomic E-state index is 0.0824.